The van der Waals surface area contributed by atoms with Gasteiger partial charge in [0.1, 0.15) is 23.0 Å². The Morgan fingerprint density at radius 2 is 0.825 bits per heavy atom. The standard InChI is InChI=1S/C49H42N4O4/c1-53-29-34-28-45(53)49(33-13-9-17-38(27-33)57-5)44-23-22-43(52-44)48(32-12-8-16-37(26-32)56-4)42-21-20-41(51-42)47(31-11-7-15-36(25-31)55-3)40-19-18-39(50-40)46(34)30-10-6-14-35(24-30)54-2/h6-28,50,52H,29H2,1-5H3. The molecule has 0 saturated carbocycles. The van der Waals surface area contributed by atoms with Gasteiger partial charge in [-0.1, -0.05) is 48.5 Å². The van der Waals surface area contributed by atoms with Crippen molar-refractivity contribution in [3.05, 3.63) is 144 Å². The fourth-order valence-electron chi connectivity index (χ4n) is 8.04. The van der Waals surface area contributed by atoms with Crippen LogP contribution in [0.1, 0.15) is 17.0 Å². The summed E-state index contributed by atoms with van der Waals surface area (Å²) >= 11 is 0. The Labute approximate surface area is 331 Å². The molecule has 0 unspecified atom stereocenters. The number of nitrogens with zero attached hydrogens (tertiary/aromatic N) is 2. The normalized spacial score (nSPS) is 12.1. The first-order valence-electron chi connectivity index (χ1n) is 18.8. The summed E-state index contributed by atoms with van der Waals surface area (Å²) in [6, 6.07) is 43.8. The van der Waals surface area contributed by atoms with Crippen molar-refractivity contribution in [2.45, 2.75) is 6.54 Å². The smallest absolute Gasteiger partial charge is 0.119 e. The monoisotopic (exact) mass is 750 g/mol. The molecular weight excluding hydrogens is 709 g/mol. The van der Waals surface area contributed by atoms with Crippen LogP contribution in [0.2, 0.25) is 0 Å². The van der Waals surface area contributed by atoms with Gasteiger partial charge in [-0.3, -0.25) is 0 Å². The Kier molecular flexibility index (Phi) is 9.22. The lowest BCUT2D eigenvalue weighted by Gasteiger charge is -2.17. The molecular formula is C49H42N4O4. The Bertz CT molecular complexity index is 2870. The van der Waals surface area contributed by atoms with Crippen molar-refractivity contribution < 1.29 is 18.9 Å². The first-order chi connectivity index (χ1) is 27.9. The summed E-state index contributed by atoms with van der Waals surface area (Å²) in [5.41, 5.74) is 15.8. The van der Waals surface area contributed by atoms with Crippen LogP contribution < -0.4 is 23.8 Å². The molecule has 3 aromatic heterocycles. The maximum Gasteiger partial charge on any atom is 0.119 e. The number of rotatable bonds is 8. The number of ether oxygens (including phenoxy) is 4. The number of aromatic amines is 2. The molecule has 5 heterocycles. The van der Waals surface area contributed by atoms with Crippen molar-refractivity contribution >= 4 is 39.9 Å². The molecule has 2 aliphatic heterocycles. The van der Waals surface area contributed by atoms with E-state index >= 15 is 0 Å². The fourth-order valence-corrected chi connectivity index (χ4v) is 8.04. The second-order valence-electron chi connectivity index (χ2n) is 14.1. The van der Waals surface area contributed by atoms with E-state index < -0.39 is 0 Å². The zero-order valence-electron chi connectivity index (χ0n) is 32.5. The molecule has 8 bridgehead atoms. The predicted molar refractivity (Wildman–Crippen MR) is 232 cm³/mol. The number of nitrogens with one attached hydrogen (secondary N) is 2. The summed E-state index contributed by atoms with van der Waals surface area (Å²) in [5.74, 6) is 3.10. The van der Waals surface area contributed by atoms with Crippen LogP contribution in [-0.2, 0) is 6.54 Å². The van der Waals surface area contributed by atoms with Crippen molar-refractivity contribution in [3.63, 3.8) is 0 Å². The van der Waals surface area contributed by atoms with Gasteiger partial charge < -0.3 is 33.8 Å². The van der Waals surface area contributed by atoms with E-state index in [2.05, 4.69) is 113 Å². The SMILES string of the molecule is COc1cccc(-c2c3cc(c(-c4cccc(OC)c4)c4ccc([nH]4)c(-c4cccc(OC)c4)c4nc(c(-c5cccc(OC)c5)c5ccc2[nH]5)C=C4)N(C)C3)c1. The van der Waals surface area contributed by atoms with Crippen molar-refractivity contribution in [1.29, 1.82) is 0 Å². The lowest BCUT2D eigenvalue weighted by atomic mass is 10.00. The second-order valence-corrected chi connectivity index (χ2v) is 14.1. The van der Waals surface area contributed by atoms with E-state index in [1.54, 1.807) is 28.4 Å². The topological polar surface area (TPSA) is 84.6 Å². The molecule has 2 aliphatic rings. The predicted octanol–water partition coefficient (Wildman–Crippen LogP) is 11.4. The average Bonchev–Trinajstić information content (AvgIpc) is 4.09. The van der Waals surface area contributed by atoms with Crippen LogP contribution in [0.4, 0.5) is 5.69 Å². The summed E-state index contributed by atoms with van der Waals surface area (Å²) in [6.45, 7) is 0.679. The number of H-pyrrole nitrogens is 2. The van der Waals surface area contributed by atoms with Crippen molar-refractivity contribution in [2.75, 3.05) is 40.4 Å². The first kappa shape index (κ1) is 35.5. The summed E-state index contributed by atoms with van der Waals surface area (Å²) < 4.78 is 22.9. The first-order valence-corrected chi connectivity index (χ1v) is 18.8. The zero-order chi connectivity index (χ0) is 39.0. The van der Waals surface area contributed by atoms with Gasteiger partial charge in [-0.25, -0.2) is 4.98 Å². The van der Waals surface area contributed by atoms with Crippen LogP contribution in [0, 0.1) is 0 Å². The summed E-state index contributed by atoms with van der Waals surface area (Å²) in [4.78, 5) is 15.5. The van der Waals surface area contributed by atoms with Crippen LogP contribution in [0.3, 0.4) is 0 Å². The molecule has 0 aliphatic carbocycles. The zero-order valence-corrected chi connectivity index (χ0v) is 32.5. The summed E-state index contributed by atoms with van der Waals surface area (Å²) in [5, 5.41) is 0. The molecule has 0 amide bonds. The number of hydrogen-bond acceptors (Lipinski definition) is 6. The molecule has 0 saturated heterocycles. The highest BCUT2D eigenvalue weighted by Crippen LogP contribution is 2.43. The molecule has 0 atom stereocenters. The third-order valence-corrected chi connectivity index (χ3v) is 10.7. The molecule has 2 N–H and O–H groups in total. The maximum atomic E-state index is 5.75. The summed E-state index contributed by atoms with van der Waals surface area (Å²) in [6.07, 6.45) is 4.20. The minimum Gasteiger partial charge on any atom is -0.497 e. The van der Waals surface area contributed by atoms with Crippen LogP contribution >= 0.6 is 0 Å². The molecule has 8 nitrogen and oxygen atoms in total. The van der Waals surface area contributed by atoms with Crippen molar-refractivity contribution in [2.24, 2.45) is 0 Å². The van der Waals surface area contributed by atoms with Crippen LogP contribution in [0.15, 0.2) is 127 Å². The van der Waals surface area contributed by atoms with Gasteiger partial charge in [0.25, 0.3) is 0 Å². The number of anilines is 1. The van der Waals surface area contributed by atoms with Gasteiger partial charge in [0.2, 0.25) is 0 Å². The van der Waals surface area contributed by atoms with Gasteiger partial charge in [-0.2, -0.15) is 0 Å². The van der Waals surface area contributed by atoms with E-state index in [1.807, 2.05) is 48.5 Å². The summed E-state index contributed by atoms with van der Waals surface area (Å²) in [7, 11) is 8.95. The van der Waals surface area contributed by atoms with Gasteiger partial charge in [0.05, 0.1) is 39.8 Å². The Balaban J connectivity index is 1.48. The number of aromatic nitrogens is 3. The van der Waals surface area contributed by atoms with E-state index in [4.69, 9.17) is 23.9 Å². The van der Waals surface area contributed by atoms with Crippen molar-refractivity contribution in [1.82, 2.24) is 15.0 Å². The second kappa shape index (κ2) is 14.8. The van der Waals surface area contributed by atoms with Gasteiger partial charge in [0.15, 0.2) is 0 Å². The highest BCUT2D eigenvalue weighted by Gasteiger charge is 2.23. The lowest BCUT2D eigenvalue weighted by Crippen LogP contribution is -2.12. The minimum atomic E-state index is 0.679. The highest BCUT2D eigenvalue weighted by molar-refractivity contribution is 5.99. The van der Waals surface area contributed by atoms with Crippen LogP contribution in [-0.4, -0.2) is 50.4 Å². The number of fused-ring (bicyclic) bond motifs is 8. The van der Waals surface area contributed by atoms with E-state index in [9.17, 15) is 0 Å². The molecule has 57 heavy (non-hydrogen) atoms. The van der Waals surface area contributed by atoms with Gasteiger partial charge in [-0.05, 0) is 119 Å². The van der Waals surface area contributed by atoms with Crippen molar-refractivity contribution in [3.8, 4) is 67.5 Å². The number of benzene rings is 4. The van der Waals surface area contributed by atoms with E-state index in [0.29, 0.717) is 6.54 Å². The van der Waals surface area contributed by atoms with Gasteiger partial charge >= 0.3 is 0 Å². The largest absolute Gasteiger partial charge is 0.497 e. The quantitative estimate of drug-likeness (QED) is 0.161. The molecule has 7 aromatic rings. The number of hydrogen-bond donors (Lipinski definition) is 2. The van der Waals surface area contributed by atoms with Gasteiger partial charge in [-0.15, -0.1) is 0 Å². The van der Waals surface area contributed by atoms with E-state index in [0.717, 1.165) is 112 Å². The molecule has 0 fully saturated rings. The molecule has 9 rings (SSSR count). The molecule has 8 heteroatoms. The molecule has 0 spiro atoms. The molecule has 0 radical (unpaired) electrons. The third kappa shape index (κ3) is 6.55. The van der Waals surface area contributed by atoms with Gasteiger partial charge in [0, 0.05) is 63.6 Å². The third-order valence-electron chi connectivity index (χ3n) is 10.7. The molecule has 4 aromatic carbocycles. The Morgan fingerprint density at radius 3 is 1.25 bits per heavy atom. The van der Waals surface area contributed by atoms with E-state index in [-0.39, 0.29) is 0 Å². The number of methoxy groups -OCH3 is 4. The average molecular weight is 751 g/mol. The minimum absolute atomic E-state index is 0.679. The highest BCUT2D eigenvalue weighted by atomic mass is 16.5. The van der Waals surface area contributed by atoms with E-state index in [1.165, 1.54) is 0 Å². The van der Waals surface area contributed by atoms with Crippen LogP contribution in [0.5, 0.6) is 23.0 Å². The van der Waals surface area contributed by atoms with Crippen LogP contribution in [0.25, 0.3) is 78.7 Å². The Morgan fingerprint density at radius 1 is 0.456 bits per heavy atom. The fraction of sp³-hybridized carbons (Fsp3) is 0.122. The Hall–Kier alpha value is -7.19. The lowest BCUT2D eigenvalue weighted by molar-refractivity contribution is 0.415. The maximum absolute atomic E-state index is 5.75. The molecule has 282 valence electrons.